The molecule has 422 valence electrons. The summed E-state index contributed by atoms with van der Waals surface area (Å²) in [4.78, 5) is 13.3. The number of allylic oxidation sites excluding steroid dienone is 3. The van der Waals surface area contributed by atoms with Crippen LogP contribution in [0.5, 0.6) is 0 Å². The summed E-state index contributed by atoms with van der Waals surface area (Å²) in [7, 11) is 0. The van der Waals surface area contributed by atoms with Gasteiger partial charge in [0, 0.05) is 18.4 Å². The highest BCUT2D eigenvalue weighted by atomic mass is 16.8. The van der Waals surface area contributed by atoms with Crippen LogP contribution < -0.4 is 0 Å². The molecule has 0 amide bonds. The van der Waals surface area contributed by atoms with Gasteiger partial charge >= 0.3 is 5.97 Å². The fourth-order valence-corrected chi connectivity index (χ4v) is 16.6. The third kappa shape index (κ3) is 8.91. The van der Waals surface area contributed by atoms with Gasteiger partial charge in [0.2, 0.25) is 0 Å². The van der Waals surface area contributed by atoms with Crippen LogP contribution in [0.2, 0.25) is 0 Å². The number of rotatable bonds is 11. The molecule has 3 saturated heterocycles. The highest BCUT2D eigenvalue weighted by Crippen LogP contribution is 2.76. The van der Waals surface area contributed by atoms with Crippen molar-refractivity contribution in [1.29, 1.82) is 0 Å². The minimum atomic E-state index is -1.94. The maximum absolute atomic E-state index is 13.3. The molecule has 74 heavy (non-hydrogen) atoms. The molecule has 13 N–H and O–H groups in total. The molecule has 0 aromatic heterocycles. The van der Waals surface area contributed by atoms with Crippen molar-refractivity contribution in [3.8, 4) is 0 Å². The van der Waals surface area contributed by atoms with E-state index in [0.717, 1.165) is 24.8 Å². The summed E-state index contributed by atoms with van der Waals surface area (Å²) < 4.78 is 43.2. The maximum atomic E-state index is 13.3. The lowest BCUT2D eigenvalue weighted by atomic mass is 9.33. The van der Waals surface area contributed by atoms with Crippen molar-refractivity contribution in [1.82, 2.24) is 0 Å². The smallest absolute Gasteiger partial charge is 0.310 e. The molecule has 3 aliphatic heterocycles. The number of aliphatic carboxylic acids is 1. The molecule has 6 aliphatic carbocycles. The number of hydrogen-bond acceptors (Lipinski definition) is 20. The van der Waals surface area contributed by atoms with Gasteiger partial charge in [0.25, 0.3) is 0 Å². The van der Waals surface area contributed by atoms with E-state index in [1.165, 1.54) is 5.57 Å². The van der Waals surface area contributed by atoms with Crippen molar-refractivity contribution >= 4 is 5.97 Å². The molecule has 0 bridgehead atoms. The molecule has 5 saturated carbocycles. The van der Waals surface area contributed by atoms with Crippen LogP contribution in [-0.4, -0.2) is 215 Å². The first-order chi connectivity index (χ1) is 34.7. The molecule has 21 nitrogen and oxygen atoms in total. The monoisotopic (exact) mass is 1060 g/mol. The Bertz CT molecular complexity index is 2070. The Morgan fingerprint density at radius 2 is 1.32 bits per heavy atom. The summed E-state index contributed by atoms with van der Waals surface area (Å²) in [5, 5.41) is 143. The zero-order valence-corrected chi connectivity index (χ0v) is 43.4. The number of ether oxygens (including phenoxy) is 7. The molecule has 0 aromatic carbocycles. The minimum absolute atomic E-state index is 0.0113. The first-order valence-electron chi connectivity index (χ1n) is 26.9. The van der Waals surface area contributed by atoms with Crippen LogP contribution in [-0.2, 0) is 38.0 Å². The van der Waals surface area contributed by atoms with Crippen LogP contribution in [0.3, 0.4) is 0 Å². The third-order valence-corrected chi connectivity index (χ3v) is 21.1. The van der Waals surface area contributed by atoms with Crippen molar-refractivity contribution in [2.24, 2.45) is 56.7 Å². The summed E-state index contributed by atoms with van der Waals surface area (Å²) >= 11 is 0. The zero-order chi connectivity index (χ0) is 53.9. The standard InChI is InChI=1S/C53H84O21/c1-22-10-13-53(48(66)67)15-14-51(6)25(33(53)23(22)2)8-9-32-50(5)17-26(56)44(49(3,4)31(50)11-12-52(32,51)7)70-29-16-24(18-54)34(59)42(73-45-39(64)35(60)27(57)20-68-45)41(29)72-47-43(36(61)28(58)21-69-47)74-46-40(65)38(63)37(62)30(19-55)71-46/h8,23-24,26-47,54-65H,1,9-21H2,2-7H3,(H,66,67). The number of fused-ring (bicyclic) bond motifs is 7. The Hall–Kier alpha value is -1.81. The number of hydrogen-bond donors (Lipinski definition) is 13. The van der Waals surface area contributed by atoms with Crippen LogP contribution in [0.25, 0.3) is 0 Å². The molecular formula is C53H84O21. The Morgan fingerprint density at radius 3 is 1.99 bits per heavy atom. The quantitative estimate of drug-likeness (QED) is 0.113. The van der Waals surface area contributed by atoms with E-state index < -0.39 is 171 Å². The highest BCUT2D eigenvalue weighted by molar-refractivity contribution is 5.77. The molecular weight excluding hydrogens is 973 g/mol. The van der Waals surface area contributed by atoms with Crippen molar-refractivity contribution in [3.63, 3.8) is 0 Å². The lowest BCUT2D eigenvalue weighted by Gasteiger charge is -2.71. The van der Waals surface area contributed by atoms with E-state index in [1.807, 2.05) is 0 Å². The average Bonchev–Trinajstić information content (AvgIpc) is 3.35. The Kier molecular flexibility index (Phi) is 15.9. The SMILES string of the molecule is C=C1CCC2(C(=O)O)CCC3(C)C(=CCC4C5(C)CC(O)C(OC6CC(CO)C(O)C(OC7OCC(O)C(O)C7O)C6OC6OCC(O)C(O)C6OC6OC(CO)C(O)C(O)C6O)C(C)(C)C5CCC43C)C2C1C. The largest absolute Gasteiger partial charge is 0.481 e. The lowest BCUT2D eigenvalue weighted by Crippen LogP contribution is -2.69. The molecule has 9 aliphatic rings. The molecule has 0 spiro atoms. The second-order valence-electron chi connectivity index (χ2n) is 25.0. The summed E-state index contributed by atoms with van der Waals surface area (Å²) in [5.74, 6) is -1.80. The molecule has 3 heterocycles. The van der Waals surface area contributed by atoms with E-state index in [9.17, 15) is 71.2 Å². The second kappa shape index (κ2) is 20.7. The van der Waals surface area contributed by atoms with Crippen molar-refractivity contribution in [2.45, 2.75) is 216 Å². The third-order valence-electron chi connectivity index (χ3n) is 21.1. The van der Waals surface area contributed by atoms with Gasteiger partial charge in [-0.15, -0.1) is 0 Å². The fourth-order valence-electron chi connectivity index (χ4n) is 16.6. The maximum Gasteiger partial charge on any atom is 0.310 e. The highest BCUT2D eigenvalue weighted by Gasteiger charge is 2.71. The molecule has 28 unspecified atom stereocenters. The summed E-state index contributed by atoms with van der Waals surface area (Å²) in [6, 6.07) is 0. The molecule has 0 radical (unpaired) electrons. The number of carbonyl (C=O) groups is 1. The summed E-state index contributed by atoms with van der Waals surface area (Å²) in [5.41, 5.74) is -0.312. The van der Waals surface area contributed by atoms with E-state index in [2.05, 4.69) is 54.2 Å². The number of aliphatic hydroxyl groups is 12. The van der Waals surface area contributed by atoms with E-state index in [4.69, 9.17) is 33.2 Å². The van der Waals surface area contributed by atoms with Crippen LogP contribution >= 0.6 is 0 Å². The van der Waals surface area contributed by atoms with Gasteiger partial charge in [0.05, 0.1) is 49.7 Å². The van der Waals surface area contributed by atoms with E-state index in [0.29, 0.717) is 32.1 Å². The molecule has 0 aromatic rings. The average molecular weight is 1060 g/mol. The predicted molar refractivity (Wildman–Crippen MR) is 256 cm³/mol. The topological polar surface area (TPSA) is 345 Å². The van der Waals surface area contributed by atoms with Crippen LogP contribution in [0.1, 0.15) is 99.3 Å². The van der Waals surface area contributed by atoms with Gasteiger partial charge in [0.1, 0.15) is 73.2 Å². The Labute approximate surface area is 432 Å². The Morgan fingerprint density at radius 1 is 0.689 bits per heavy atom. The minimum Gasteiger partial charge on any atom is -0.481 e. The molecule has 9 rings (SSSR count). The van der Waals surface area contributed by atoms with E-state index in [1.54, 1.807) is 0 Å². The number of aliphatic hydroxyl groups excluding tert-OH is 12. The lowest BCUT2D eigenvalue weighted by molar-refractivity contribution is -0.378. The summed E-state index contributed by atoms with van der Waals surface area (Å²) in [6.07, 6.45) is -22.9. The van der Waals surface area contributed by atoms with Crippen LogP contribution in [0, 0.1) is 56.7 Å². The number of carboxylic acid groups (broad SMARTS) is 1. The van der Waals surface area contributed by atoms with E-state index >= 15 is 0 Å². The molecule has 21 heteroatoms. The first kappa shape index (κ1) is 56.9. The van der Waals surface area contributed by atoms with Gasteiger partial charge in [0.15, 0.2) is 18.9 Å². The van der Waals surface area contributed by atoms with Gasteiger partial charge in [-0.25, -0.2) is 0 Å². The number of carboxylic acids is 1. The van der Waals surface area contributed by atoms with Crippen molar-refractivity contribution in [3.05, 3.63) is 23.8 Å². The van der Waals surface area contributed by atoms with Crippen molar-refractivity contribution in [2.75, 3.05) is 26.4 Å². The van der Waals surface area contributed by atoms with Crippen LogP contribution in [0.15, 0.2) is 23.8 Å². The predicted octanol–water partition coefficient (Wildman–Crippen LogP) is -0.781. The Balaban J connectivity index is 1.04. The van der Waals surface area contributed by atoms with Crippen molar-refractivity contribution < 1.29 is 104 Å². The van der Waals surface area contributed by atoms with E-state index in [-0.39, 0.29) is 40.9 Å². The van der Waals surface area contributed by atoms with Crippen LogP contribution in [0.4, 0.5) is 0 Å². The van der Waals surface area contributed by atoms with Gasteiger partial charge in [-0.05, 0) is 97.2 Å². The molecule has 8 fully saturated rings. The van der Waals surface area contributed by atoms with Gasteiger partial charge in [-0.3, -0.25) is 4.79 Å². The second-order valence-corrected chi connectivity index (χ2v) is 25.0. The normalized spacial score (nSPS) is 54.5. The van der Waals surface area contributed by atoms with Gasteiger partial charge in [-0.2, -0.15) is 0 Å². The van der Waals surface area contributed by atoms with Gasteiger partial charge < -0.3 is 99.5 Å². The van der Waals surface area contributed by atoms with Gasteiger partial charge in [-0.1, -0.05) is 65.3 Å². The first-order valence-corrected chi connectivity index (χ1v) is 26.9. The fraction of sp³-hybridized carbons (Fsp3) is 0.906. The molecule has 28 atom stereocenters. The summed E-state index contributed by atoms with van der Waals surface area (Å²) in [6.45, 7) is 15.3. The zero-order valence-electron chi connectivity index (χ0n) is 43.4.